The van der Waals surface area contributed by atoms with Crippen LogP contribution < -0.4 is 0 Å². The van der Waals surface area contributed by atoms with Gasteiger partial charge in [-0.1, -0.05) is 39.0 Å². The van der Waals surface area contributed by atoms with Crippen molar-refractivity contribution in [2.45, 2.75) is 116 Å². The van der Waals surface area contributed by atoms with E-state index in [-0.39, 0.29) is 11.5 Å². The first-order chi connectivity index (χ1) is 14.4. The molecule has 0 spiro atoms. The summed E-state index contributed by atoms with van der Waals surface area (Å²) in [4.78, 5) is 0. The van der Waals surface area contributed by atoms with Crippen molar-refractivity contribution < 1.29 is 19.7 Å². The molecule has 11 unspecified atom stereocenters. The Morgan fingerprint density at radius 1 is 0.933 bits per heavy atom. The zero-order valence-corrected chi connectivity index (χ0v) is 19.3. The van der Waals surface area contributed by atoms with Gasteiger partial charge in [0.2, 0.25) is 0 Å². The SMILES string of the molecule is CCC1CC1C1CCCC2C1CC1CCCCC1C2C(O)OC1CC(C)(C)OC1O. The summed E-state index contributed by atoms with van der Waals surface area (Å²) in [5.41, 5.74) is -0.386. The van der Waals surface area contributed by atoms with E-state index in [1.54, 1.807) is 0 Å². The van der Waals surface area contributed by atoms with Gasteiger partial charge in [-0.15, -0.1) is 0 Å². The lowest BCUT2D eigenvalue weighted by Crippen LogP contribution is -2.51. The lowest BCUT2D eigenvalue weighted by molar-refractivity contribution is -0.245. The maximum absolute atomic E-state index is 11.4. The summed E-state index contributed by atoms with van der Waals surface area (Å²) in [6.07, 6.45) is 12.0. The van der Waals surface area contributed by atoms with Gasteiger partial charge in [0.1, 0.15) is 6.10 Å². The zero-order chi connectivity index (χ0) is 21.0. The Morgan fingerprint density at radius 3 is 2.37 bits per heavy atom. The molecule has 4 heteroatoms. The van der Waals surface area contributed by atoms with Gasteiger partial charge in [0.25, 0.3) is 0 Å². The van der Waals surface area contributed by atoms with Gasteiger partial charge in [-0.05, 0) is 87.4 Å². The standard InChI is InChI=1S/C26H44O4/c1-4-15-12-20(15)18-10-7-11-19-21(18)13-16-8-5-6-9-17(16)23(19)25(28)29-22-14-26(2,3)30-24(22)27/h15-25,27-28H,4-14H2,1-3H3. The quantitative estimate of drug-likeness (QED) is 0.607. The highest BCUT2D eigenvalue weighted by atomic mass is 16.7. The molecule has 1 saturated heterocycles. The van der Waals surface area contributed by atoms with Crippen LogP contribution in [0.25, 0.3) is 0 Å². The van der Waals surface area contributed by atoms with E-state index in [9.17, 15) is 10.2 Å². The summed E-state index contributed by atoms with van der Waals surface area (Å²) in [6, 6.07) is 0. The molecule has 30 heavy (non-hydrogen) atoms. The summed E-state index contributed by atoms with van der Waals surface area (Å²) < 4.78 is 11.9. The third-order valence-electron chi connectivity index (χ3n) is 9.85. The van der Waals surface area contributed by atoms with Crippen molar-refractivity contribution in [1.82, 2.24) is 0 Å². The largest absolute Gasteiger partial charge is 0.368 e. The molecule has 11 atom stereocenters. The fraction of sp³-hybridized carbons (Fsp3) is 1.00. The Labute approximate surface area is 183 Å². The molecule has 0 aromatic rings. The second-order valence-corrected chi connectivity index (χ2v) is 12.0. The second-order valence-electron chi connectivity index (χ2n) is 12.0. The molecule has 172 valence electrons. The van der Waals surface area contributed by atoms with Crippen molar-refractivity contribution in [2.75, 3.05) is 0 Å². The fourth-order valence-electron chi connectivity index (χ4n) is 8.51. The van der Waals surface area contributed by atoms with Crippen LogP contribution in [0.2, 0.25) is 0 Å². The molecule has 4 nitrogen and oxygen atoms in total. The molecule has 0 radical (unpaired) electrons. The first kappa shape index (κ1) is 21.7. The van der Waals surface area contributed by atoms with Gasteiger partial charge in [-0.25, -0.2) is 0 Å². The highest BCUT2D eigenvalue weighted by Gasteiger charge is 2.55. The number of aliphatic hydroxyl groups excluding tert-OH is 2. The first-order valence-electron chi connectivity index (χ1n) is 13.1. The number of hydrogen-bond donors (Lipinski definition) is 2. The molecule has 0 aromatic carbocycles. The monoisotopic (exact) mass is 420 g/mol. The van der Waals surface area contributed by atoms with Crippen LogP contribution in [0, 0.1) is 47.3 Å². The summed E-state index contributed by atoms with van der Waals surface area (Å²) in [6.45, 7) is 6.34. The fourth-order valence-corrected chi connectivity index (χ4v) is 8.51. The highest BCUT2D eigenvalue weighted by molar-refractivity contribution is 5.03. The van der Waals surface area contributed by atoms with E-state index >= 15 is 0 Å². The summed E-state index contributed by atoms with van der Waals surface area (Å²) in [5, 5.41) is 21.8. The van der Waals surface area contributed by atoms with Gasteiger partial charge >= 0.3 is 0 Å². The van der Waals surface area contributed by atoms with Gasteiger partial charge in [0.15, 0.2) is 12.6 Å². The third-order valence-corrected chi connectivity index (χ3v) is 9.85. The van der Waals surface area contributed by atoms with E-state index in [4.69, 9.17) is 9.47 Å². The molecule has 0 bridgehead atoms. The predicted octanol–water partition coefficient (Wildman–Crippen LogP) is 5.11. The zero-order valence-electron chi connectivity index (χ0n) is 19.3. The van der Waals surface area contributed by atoms with Crippen molar-refractivity contribution in [2.24, 2.45) is 47.3 Å². The molecular formula is C26H44O4. The first-order valence-corrected chi connectivity index (χ1v) is 13.1. The maximum Gasteiger partial charge on any atom is 0.181 e. The van der Waals surface area contributed by atoms with Gasteiger partial charge in [-0.3, -0.25) is 0 Å². The molecule has 0 aromatic heterocycles. The van der Waals surface area contributed by atoms with Gasteiger partial charge in [0.05, 0.1) is 5.60 Å². The minimum absolute atomic E-state index is 0.242. The van der Waals surface area contributed by atoms with E-state index in [1.165, 1.54) is 64.2 Å². The summed E-state index contributed by atoms with van der Waals surface area (Å²) in [5.74, 6) is 5.79. The van der Waals surface area contributed by atoms with Crippen LogP contribution in [-0.4, -0.2) is 34.5 Å². The van der Waals surface area contributed by atoms with Gasteiger partial charge in [-0.2, -0.15) is 0 Å². The predicted molar refractivity (Wildman–Crippen MR) is 116 cm³/mol. The lowest BCUT2D eigenvalue weighted by Gasteiger charge is -2.55. The molecule has 2 N–H and O–H groups in total. The molecule has 5 aliphatic rings. The van der Waals surface area contributed by atoms with Crippen LogP contribution in [0.3, 0.4) is 0 Å². The second kappa shape index (κ2) is 8.32. The number of rotatable bonds is 5. The van der Waals surface area contributed by atoms with E-state index in [0.29, 0.717) is 18.3 Å². The number of ether oxygens (including phenoxy) is 2. The lowest BCUT2D eigenvalue weighted by atomic mass is 9.52. The highest BCUT2D eigenvalue weighted by Crippen LogP contribution is 2.61. The van der Waals surface area contributed by atoms with E-state index in [2.05, 4.69) is 6.92 Å². The molecule has 4 saturated carbocycles. The summed E-state index contributed by atoms with van der Waals surface area (Å²) in [7, 11) is 0. The smallest absolute Gasteiger partial charge is 0.181 e. The Bertz CT molecular complexity index is 606. The van der Waals surface area contributed by atoms with Crippen LogP contribution in [0.4, 0.5) is 0 Å². The molecule has 5 rings (SSSR count). The molecule has 4 aliphatic carbocycles. The van der Waals surface area contributed by atoms with E-state index in [1.807, 2.05) is 13.8 Å². The average molecular weight is 421 g/mol. The third kappa shape index (κ3) is 4.00. The van der Waals surface area contributed by atoms with Crippen molar-refractivity contribution in [1.29, 1.82) is 0 Å². The average Bonchev–Trinajstić information content (AvgIpc) is 3.44. The molecule has 1 heterocycles. The van der Waals surface area contributed by atoms with E-state index in [0.717, 1.165) is 29.6 Å². The van der Waals surface area contributed by atoms with Crippen molar-refractivity contribution in [3.63, 3.8) is 0 Å². The van der Waals surface area contributed by atoms with Crippen molar-refractivity contribution in [3.05, 3.63) is 0 Å². The Morgan fingerprint density at radius 2 is 1.67 bits per heavy atom. The molecular weight excluding hydrogens is 376 g/mol. The van der Waals surface area contributed by atoms with Crippen LogP contribution in [-0.2, 0) is 9.47 Å². The Hall–Kier alpha value is -0.160. The molecule has 1 aliphatic heterocycles. The van der Waals surface area contributed by atoms with Gasteiger partial charge in [0, 0.05) is 12.3 Å². The number of hydrogen-bond acceptors (Lipinski definition) is 4. The van der Waals surface area contributed by atoms with Crippen LogP contribution in [0.1, 0.15) is 91.4 Å². The Balaban J connectivity index is 1.36. The maximum atomic E-state index is 11.4. The number of aliphatic hydroxyl groups is 2. The molecule has 5 fully saturated rings. The van der Waals surface area contributed by atoms with Crippen LogP contribution in [0.5, 0.6) is 0 Å². The topological polar surface area (TPSA) is 58.9 Å². The van der Waals surface area contributed by atoms with E-state index < -0.39 is 18.7 Å². The Kier molecular flexibility index (Phi) is 6.01. The van der Waals surface area contributed by atoms with Crippen molar-refractivity contribution in [3.8, 4) is 0 Å². The summed E-state index contributed by atoms with van der Waals surface area (Å²) >= 11 is 0. The van der Waals surface area contributed by atoms with Crippen LogP contribution in [0.15, 0.2) is 0 Å². The molecule has 0 amide bonds. The van der Waals surface area contributed by atoms with Crippen molar-refractivity contribution >= 4 is 0 Å². The minimum Gasteiger partial charge on any atom is -0.368 e. The van der Waals surface area contributed by atoms with Gasteiger partial charge < -0.3 is 19.7 Å². The normalized spacial score (nSPS) is 51.1. The number of fused-ring (bicyclic) bond motifs is 2. The minimum atomic E-state index is -0.924. The van der Waals surface area contributed by atoms with Crippen LogP contribution >= 0.6 is 0 Å².